The van der Waals surface area contributed by atoms with Gasteiger partial charge in [-0.25, -0.2) is 4.79 Å². The molecular weight excluding hydrogens is 200 g/mol. The van der Waals surface area contributed by atoms with Gasteiger partial charge in [0, 0.05) is 12.2 Å². The highest BCUT2D eigenvalue weighted by Crippen LogP contribution is 2.03. The fourth-order valence-corrected chi connectivity index (χ4v) is 0.826. The summed E-state index contributed by atoms with van der Waals surface area (Å²) in [4.78, 5) is 20.0. The number of carboxylic acid groups (broad SMARTS) is 1. The van der Waals surface area contributed by atoms with E-state index in [4.69, 9.17) is 5.11 Å². The van der Waals surface area contributed by atoms with Crippen molar-refractivity contribution >= 4 is 24.6 Å². The van der Waals surface area contributed by atoms with Gasteiger partial charge in [0.1, 0.15) is 0 Å². The van der Waals surface area contributed by atoms with E-state index in [1.54, 1.807) is 6.07 Å². The first-order valence-electron chi connectivity index (χ1n) is 3.94. The third kappa shape index (κ3) is 3.90. The Labute approximate surface area is 84.9 Å². The maximum atomic E-state index is 10.2. The summed E-state index contributed by atoms with van der Waals surface area (Å²) in [5, 5.41) is 14.8. The molecule has 0 unspecified atom stereocenters. The van der Waals surface area contributed by atoms with Gasteiger partial charge >= 0.3 is 5.97 Å². The highest BCUT2D eigenvalue weighted by molar-refractivity contribution is 5.84. The Morgan fingerprint density at radius 3 is 3.00 bits per heavy atom. The lowest BCUT2D eigenvalue weighted by molar-refractivity contribution is -0.131. The Morgan fingerprint density at radius 1 is 1.53 bits per heavy atom. The first-order valence-corrected chi connectivity index (χ1v) is 3.94. The Bertz CT molecular complexity index is 406. The van der Waals surface area contributed by atoms with Crippen molar-refractivity contribution in [3.63, 3.8) is 0 Å². The molecule has 1 heterocycles. The molecule has 1 aromatic heterocycles. The van der Waals surface area contributed by atoms with E-state index in [0.717, 1.165) is 6.08 Å². The molecule has 1 rings (SSSR count). The molecule has 0 aliphatic rings. The second-order valence-electron chi connectivity index (χ2n) is 2.45. The van der Waals surface area contributed by atoms with Crippen molar-refractivity contribution in [3.8, 4) is 0 Å². The maximum absolute atomic E-state index is 10.2. The first-order chi connectivity index (χ1) is 7.22. The van der Waals surface area contributed by atoms with Crippen molar-refractivity contribution in [2.24, 2.45) is 0 Å². The fraction of sp³-hybridized carbons (Fsp3) is 0. The number of ether oxygens (including phenoxy) is 1. The molecule has 0 bridgehead atoms. The molecule has 0 atom stereocenters. The van der Waals surface area contributed by atoms with Gasteiger partial charge in [-0.3, -0.25) is 9.89 Å². The van der Waals surface area contributed by atoms with E-state index in [9.17, 15) is 9.59 Å². The van der Waals surface area contributed by atoms with Gasteiger partial charge in [0.2, 0.25) is 0 Å². The molecule has 0 saturated heterocycles. The minimum atomic E-state index is -1.04. The maximum Gasteiger partial charge on any atom is 0.328 e. The quantitative estimate of drug-likeness (QED) is 0.421. The van der Waals surface area contributed by atoms with Crippen molar-refractivity contribution < 1.29 is 19.4 Å². The van der Waals surface area contributed by atoms with Crippen LogP contribution in [0.25, 0.3) is 12.2 Å². The molecule has 2 N–H and O–H groups in total. The zero-order chi connectivity index (χ0) is 11.1. The van der Waals surface area contributed by atoms with Crippen molar-refractivity contribution in [2.75, 3.05) is 0 Å². The minimum absolute atomic E-state index is 0.286. The molecule has 0 spiro atoms. The molecule has 1 aromatic rings. The zero-order valence-corrected chi connectivity index (χ0v) is 7.58. The van der Waals surface area contributed by atoms with Crippen molar-refractivity contribution in [1.29, 1.82) is 0 Å². The number of aromatic nitrogens is 2. The van der Waals surface area contributed by atoms with Crippen LogP contribution in [0.1, 0.15) is 11.4 Å². The predicted molar refractivity (Wildman–Crippen MR) is 51.4 cm³/mol. The molecule has 6 nitrogen and oxygen atoms in total. The van der Waals surface area contributed by atoms with E-state index in [1.165, 1.54) is 18.4 Å². The van der Waals surface area contributed by atoms with E-state index in [1.807, 2.05) is 0 Å². The van der Waals surface area contributed by atoms with Crippen molar-refractivity contribution in [2.45, 2.75) is 0 Å². The van der Waals surface area contributed by atoms with Crippen molar-refractivity contribution in [3.05, 3.63) is 29.8 Å². The normalized spacial score (nSPS) is 10.9. The number of rotatable bonds is 5. The second-order valence-corrected chi connectivity index (χ2v) is 2.45. The summed E-state index contributed by atoms with van der Waals surface area (Å²) < 4.78 is 4.32. The van der Waals surface area contributed by atoms with Gasteiger partial charge in [-0.2, -0.15) is 5.10 Å². The van der Waals surface area contributed by atoms with Gasteiger partial charge < -0.3 is 9.84 Å². The van der Waals surface area contributed by atoms with Gasteiger partial charge in [0.05, 0.1) is 17.6 Å². The average Bonchev–Trinajstić information content (AvgIpc) is 2.63. The summed E-state index contributed by atoms with van der Waals surface area (Å²) in [6.07, 6.45) is 4.99. The molecule has 6 heteroatoms. The third-order valence-electron chi connectivity index (χ3n) is 1.40. The first kappa shape index (κ1) is 10.7. The largest absolute Gasteiger partial charge is 0.478 e. The van der Waals surface area contributed by atoms with E-state index in [2.05, 4.69) is 14.9 Å². The third-order valence-corrected chi connectivity index (χ3v) is 1.40. The topological polar surface area (TPSA) is 92.3 Å². The lowest BCUT2D eigenvalue weighted by atomic mass is 10.3. The van der Waals surface area contributed by atoms with Crippen LogP contribution in [0.4, 0.5) is 0 Å². The number of hydrogen-bond acceptors (Lipinski definition) is 4. The molecule has 0 aromatic carbocycles. The summed E-state index contributed by atoms with van der Waals surface area (Å²) in [7, 11) is 0. The molecule has 78 valence electrons. The van der Waals surface area contributed by atoms with Crippen LogP contribution in [0.15, 0.2) is 18.4 Å². The Balaban J connectivity index is 2.63. The average molecular weight is 208 g/mol. The van der Waals surface area contributed by atoms with Crippen LogP contribution in [-0.4, -0.2) is 27.7 Å². The SMILES string of the molecule is O=CO/C=C/c1cc(/C=C/C(=O)O)[nH]n1. The monoisotopic (exact) mass is 208 g/mol. The van der Waals surface area contributed by atoms with Crippen LogP contribution < -0.4 is 0 Å². The van der Waals surface area contributed by atoms with Gasteiger partial charge in [0.25, 0.3) is 6.47 Å². The molecule has 15 heavy (non-hydrogen) atoms. The van der Waals surface area contributed by atoms with E-state index in [0.29, 0.717) is 11.4 Å². The zero-order valence-electron chi connectivity index (χ0n) is 7.58. The van der Waals surface area contributed by atoms with E-state index in [-0.39, 0.29) is 6.47 Å². The number of aromatic amines is 1. The predicted octanol–water partition coefficient (Wildman–Crippen LogP) is 0.651. The Hall–Kier alpha value is -2.37. The van der Waals surface area contributed by atoms with Gasteiger partial charge in [-0.15, -0.1) is 0 Å². The standard InChI is InChI=1S/C9H8N2O4/c12-6-15-4-3-8-5-7(10-11-8)1-2-9(13)14/h1-6H,(H,10,11)(H,13,14)/b2-1+,4-3+. The van der Waals surface area contributed by atoms with Crippen LogP contribution in [0.5, 0.6) is 0 Å². The Morgan fingerprint density at radius 2 is 2.33 bits per heavy atom. The molecular formula is C9H8N2O4. The molecule has 0 aliphatic heterocycles. The van der Waals surface area contributed by atoms with Crippen LogP contribution in [0.2, 0.25) is 0 Å². The summed E-state index contributed by atoms with van der Waals surface area (Å²) in [5.41, 5.74) is 1.07. The molecule has 0 saturated carbocycles. The number of nitrogens with one attached hydrogen (secondary N) is 1. The van der Waals surface area contributed by atoms with Gasteiger partial charge in [-0.1, -0.05) is 0 Å². The highest BCUT2D eigenvalue weighted by Gasteiger charge is 1.95. The van der Waals surface area contributed by atoms with Crippen LogP contribution in [0, 0.1) is 0 Å². The molecule has 0 amide bonds. The molecule has 0 radical (unpaired) electrons. The number of H-pyrrole nitrogens is 1. The van der Waals surface area contributed by atoms with E-state index >= 15 is 0 Å². The smallest absolute Gasteiger partial charge is 0.328 e. The minimum Gasteiger partial charge on any atom is -0.478 e. The van der Waals surface area contributed by atoms with Crippen molar-refractivity contribution in [1.82, 2.24) is 10.2 Å². The number of carbonyl (C=O) groups excluding carboxylic acids is 1. The number of carboxylic acids is 1. The number of carbonyl (C=O) groups is 2. The summed E-state index contributed by atoms with van der Waals surface area (Å²) in [6, 6.07) is 1.60. The number of hydrogen-bond donors (Lipinski definition) is 2. The Kier molecular flexibility index (Phi) is 3.84. The van der Waals surface area contributed by atoms with Crippen LogP contribution in [-0.2, 0) is 14.3 Å². The lowest BCUT2D eigenvalue weighted by Crippen LogP contribution is -1.85. The van der Waals surface area contributed by atoms with Gasteiger partial charge in [-0.05, 0) is 12.1 Å². The lowest BCUT2D eigenvalue weighted by Gasteiger charge is -1.81. The summed E-state index contributed by atoms with van der Waals surface area (Å²) >= 11 is 0. The second kappa shape index (κ2) is 5.38. The van der Waals surface area contributed by atoms with E-state index < -0.39 is 5.97 Å². The highest BCUT2D eigenvalue weighted by atomic mass is 16.5. The molecule has 0 fully saturated rings. The van der Waals surface area contributed by atoms with Crippen LogP contribution >= 0.6 is 0 Å². The summed E-state index contributed by atoms with van der Waals surface area (Å²) in [6.45, 7) is 0.286. The summed E-state index contributed by atoms with van der Waals surface area (Å²) in [5.74, 6) is -1.04. The van der Waals surface area contributed by atoms with Gasteiger partial charge in [0.15, 0.2) is 0 Å². The fourth-order valence-electron chi connectivity index (χ4n) is 0.826. The molecule has 0 aliphatic carbocycles. The number of nitrogens with zero attached hydrogens (tertiary/aromatic N) is 1. The van der Waals surface area contributed by atoms with Crippen LogP contribution in [0.3, 0.4) is 0 Å². The number of aliphatic carboxylic acids is 1.